The van der Waals surface area contributed by atoms with E-state index >= 15 is 0 Å². The van der Waals surface area contributed by atoms with Gasteiger partial charge in [0.2, 0.25) is 0 Å². The molecule has 0 aliphatic carbocycles. The predicted octanol–water partition coefficient (Wildman–Crippen LogP) is 4.17. The van der Waals surface area contributed by atoms with Gasteiger partial charge in [-0.15, -0.1) is 0 Å². The minimum atomic E-state index is -1.63. The van der Waals surface area contributed by atoms with Crippen LogP contribution in [0.4, 0.5) is 0 Å². The van der Waals surface area contributed by atoms with Crippen LogP contribution in [0.1, 0.15) is 6.92 Å². The zero-order valence-corrected chi connectivity index (χ0v) is 31.1. The molecule has 0 saturated carbocycles. The molecule has 5 radical (unpaired) electrons. The Bertz CT molecular complexity index is 1200. The number of hydrogen-bond donors (Lipinski definition) is 0. The number of hydrogen-bond acceptors (Lipinski definition) is 0. The van der Waals surface area contributed by atoms with E-state index in [1.807, 2.05) is 0 Å². The van der Waals surface area contributed by atoms with Crippen LogP contribution >= 0.6 is 0 Å². The topological polar surface area (TPSA) is 31.5 Å². The van der Waals surface area contributed by atoms with E-state index in [-0.39, 0.29) is 5.48 Å². The average molecular weight is 774 g/mol. The van der Waals surface area contributed by atoms with Gasteiger partial charge in [-0.1, -0.05) is 0 Å². The van der Waals surface area contributed by atoms with Gasteiger partial charge < -0.3 is 5.48 Å². The molecule has 0 spiro atoms. The molecule has 6 aromatic carbocycles. The predicted molar refractivity (Wildman–Crippen MR) is 188 cm³/mol. The molecule has 0 bridgehead atoms. The first kappa shape index (κ1) is 33.7. The third-order valence-electron chi connectivity index (χ3n) is 6.37. The summed E-state index contributed by atoms with van der Waals surface area (Å²) in [6, 6.07) is 65.6. The number of rotatable bonds is 6. The molecular formula is C38H37Ge2OSn. The third kappa shape index (κ3) is 10.2. The van der Waals surface area contributed by atoms with Crippen molar-refractivity contribution >= 4 is 77.6 Å². The summed E-state index contributed by atoms with van der Waals surface area (Å²) in [7, 11) is 0. The zero-order valence-electron chi connectivity index (χ0n) is 24.0. The molecule has 207 valence electrons. The first-order chi connectivity index (χ1) is 20.3. The van der Waals surface area contributed by atoms with E-state index in [1.54, 1.807) is 22.5 Å². The van der Waals surface area contributed by atoms with Crippen molar-refractivity contribution in [1.82, 2.24) is 0 Å². The van der Waals surface area contributed by atoms with Crippen molar-refractivity contribution in [2.24, 2.45) is 0 Å². The molecule has 0 aromatic heterocycles. The Balaban J connectivity index is 0.000000207. The van der Waals surface area contributed by atoms with Gasteiger partial charge in [-0.2, -0.15) is 0 Å². The molecule has 0 aliphatic rings. The molecule has 1 nitrogen and oxygen atoms in total. The van der Waals surface area contributed by atoms with E-state index in [0.717, 1.165) is 0 Å². The summed E-state index contributed by atoms with van der Waals surface area (Å²) in [6.07, 6.45) is 0. The fraction of sp³-hybridized carbons (Fsp3) is 0.0526. The van der Waals surface area contributed by atoms with Crippen LogP contribution < -0.4 is 26.4 Å². The molecule has 0 fully saturated rings. The van der Waals surface area contributed by atoms with Crippen molar-refractivity contribution in [2.45, 2.75) is 11.4 Å². The van der Waals surface area contributed by atoms with E-state index in [0.29, 0.717) is 0 Å². The fourth-order valence-corrected chi connectivity index (χ4v) is 15.4. The third-order valence-corrected chi connectivity index (χ3v) is 17.8. The first-order valence-electron chi connectivity index (χ1n) is 14.0. The SMILES string of the molecule is C[CH2][Sn].O.c1cc[c]([Ge]([c]2ccccc2)[c]2ccccc2)cc1.c1cc[c]([Ge]([c]2ccccc2)[c]2ccccc2)cc1. The van der Waals surface area contributed by atoms with Crippen molar-refractivity contribution < 1.29 is 5.48 Å². The van der Waals surface area contributed by atoms with Gasteiger partial charge in [0.1, 0.15) is 0 Å². The van der Waals surface area contributed by atoms with Crippen LogP contribution in [0.15, 0.2) is 182 Å². The Morgan fingerprint density at radius 1 is 0.333 bits per heavy atom. The second-order valence-electron chi connectivity index (χ2n) is 9.30. The van der Waals surface area contributed by atoms with Crippen molar-refractivity contribution in [3.63, 3.8) is 0 Å². The molecule has 0 heterocycles. The van der Waals surface area contributed by atoms with Gasteiger partial charge in [-0.3, -0.25) is 0 Å². The van der Waals surface area contributed by atoms with E-state index in [1.165, 1.54) is 30.8 Å². The van der Waals surface area contributed by atoms with Crippen molar-refractivity contribution in [3.8, 4) is 0 Å². The molecule has 0 unspecified atom stereocenters. The van der Waals surface area contributed by atoms with E-state index in [4.69, 9.17) is 0 Å². The van der Waals surface area contributed by atoms with Gasteiger partial charge in [-0.05, 0) is 0 Å². The number of benzene rings is 6. The van der Waals surface area contributed by atoms with Crippen LogP contribution in [-0.2, 0) is 0 Å². The second kappa shape index (κ2) is 19.4. The van der Waals surface area contributed by atoms with E-state index in [2.05, 4.69) is 189 Å². The summed E-state index contributed by atoms with van der Waals surface area (Å²) in [5, 5.41) is 0. The Hall–Kier alpha value is -2.84. The molecule has 6 rings (SSSR count). The summed E-state index contributed by atoms with van der Waals surface area (Å²) in [5.41, 5.74) is 0. The molecule has 0 saturated heterocycles. The van der Waals surface area contributed by atoms with Crippen LogP contribution in [-0.4, -0.2) is 56.7 Å². The van der Waals surface area contributed by atoms with Gasteiger partial charge in [-0.25, -0.2) is 0 Å². The van der Waals surface area contributed by atoms with Gasteiger partial charge in [0.15, 0.2) is 0 Å². The van der Waals surface area contributed by atoms with Crippen LogP contribution in [0.3, 0.4) is 0 Å². The first-order valence-corrected chi connectivity index (χ1v) is 22.3. The molecule has 0 aliphatic heterocycles. The van der Waals surface area contributed by atoms with Crippen molar-refractivity contribution in [1.29, 1.82) is 0 Å². The monoisotopic (exact) mass is 777 g/mol. The van der Waals surface area contributed by atoms with E-state index in [9.17, 15) is 0 Å². The van der Waals surface area contributed by atoms with E-state index < -0.39 is 28.7 Å². The maximum atomic E-state index is 2.27. The second-order valence-corrected chi connectivity index (χ2v) is 21.7. The van der Waals surface area contributed by atoms with Gasteiger partial charge in [0, 0.05) is 0 Å². The van der Waals surface area contributed by atoms with Crippen molar-refractivity contribution in [3.05, 3.63) is 182 Å². The molecule has 0 atom stereocenters. The Kier molecular flexibility index (Phi) is 15.5. The zero-order chi connectivity index (χ0) is 28.5. The normalized spacial score (nSPS) is 10.0. The summed E-state index contributed by atoms with van der Waals surface area (Å²) in [6.45, 7) is 2.16. The van der Waals surface area contributed by atoms with Crippen molar-refractivity contribution in [2.75, 3.05) is 0 Å². The van der Waals surface area contributed by atoms with Crippen LogP contribution in [0.2, 0.25) is 4.44 Å². The quantitative estimate of drug-likeness (QED) is 0.228. The molecular weight excluding hydrogens is 736 g/mol. The van der Waals surface area contributed by atoms with Crippen LogP contribution in [0, 0.1) is 0 Å². The Morgan fingerprint density at radius 2 is 0.452 bits per heavy atom. The standard InChI is InChI=1S/2C18H15Ge.C2H5.H2O.Sn/c2*1-4-10-16(11-5-1)19(17-12-6-2-7-13-17)18-14-8-3-9-15-18;1-2;;/h2*1-15H;1H2,2H3;1H2;. The fourth-order valence-electron chi connectivity index (χ4n) is 4.63. The Labute approximate surface area is 274 Å². The van der Waals surface area contributed by atoms with Crippen LogP contribution in [0.25, 0.3) is 0 Å². The maximum absolute atomic E-state index is 2.27. The molecule has 2 N–H and O–H groups in total. The average Bonchev–Trinajstić information content (AvgIpc) is 3.05. The molecule has 0 amide bonds. The summed E-state index contributed by atoms with van der Waals surface area (Å²) in [4.78, 5) is 0. The summed E-state index contributed by atoms with van der Waals surface area (Å²) in [5.74, 6) is 0. The summed E-state index contributed by atoms with van der Waals surface area (Å²) < 4.78 is 10.3. The summed E-state index contributed by atoms with van der Waals surface area (Å²) >= 11 is -1.63. The molecule has 42 heavy (non-hydrogen) atoms. The minimum absolute atomic E-state index is 0. The van der Waals surface area contributed by atoms with Crippen LogP contribution in [0.5, 0.6) is 0 Å². The van der Waals surface area contributed by atoms with Gasteiger partial charge in [0.25, 0.3) is 0 Å². The van der Waals surface area contributed by atoms with Gasteiger partial charge in [0.05, 0.1) is 0 Å². The molecule has 6 aromatic rings. The van der Waals surface area contributed by atoms with Gasteiger partial charge >= 0.3 is 271 Å². The Morgan fingerprint density at radius 3 is 0.571 bits per heavy atom. The molecule has 4 heteroatoms.